The summed E-state index contributed by atoms with van der Waals surface area (Å²) in [5, 5.41) is 11.1. The molecule has 1 saturated carbocycles. The second kappa shape index (κ2) is 4.99. The van der Waals surface area contributed by atoms with Crippen molar-refractivity contribution < 1.29 is 33.6 Å². The van der Waals surface area contributed by atoms with E-state index in [0.29, 0.717) is 24.3 Å². The van der Waals surface area contributed by atoms with Crippen LogP contribution < -0.4 is 9.47 Å². The minimum Gasteiger partial charge on any atom is -0.454 e. The number of carbonyl (C=O) groups is 1. The van der Waals surface area contributed by atoms with E-state index < -0.39 is 28.9 Å². The molecule has 1 N–H and O–H groups in total. The Hall–Kier alpha value is -1.87. The van der Waals surface area contributed by atoms with Crippen molar-refractivity contribution in [3.05, 3.63) is 23.3 Å². The molecule has 1 aromatic carbocycles. The third-order valence-electron chi connectivity index (χ3n) is 7.81. The van der Waals surface area contributed by atoms with E-state index in [0.717, 1.165) is 11.1 Å². The van der Waals surface area contributed by atoms with Crippen LogP contribution in [0.15, 0.2) is 12.1 Å². The summed E-state index contributed by atoms with van der Waals surface area (Å²) < 4.78 is 29.5. The molecule has 3 fully saturated rings. The van der Waals surface area contributed by atoms with E-state index in [-0.39, 0.29) is 25.2 Å². The molecule has 2 aliphatic carbocycles. The van der Waals surface area contributed by atoms with Crippen LogP contribution in [0, 0.1) is 0 Å². The fraction of sp³-hybridized carbons (Fsp3) is 0.650. The van der Waals surface area contributed by atoms with Gasteiger partial charge in [0.1, 0.15) is 11.6 Å². The van der Waals surface area contributed by atoms with Gasteiger partial charge in [-0.25, -0.2) is 0 Å². The molecule has 150 valence electrons. The lowest BCUT2D eigenvalue weighted by molar-refractivity contribution is -0.338. The first-order valence-corrected chi connectivity index (χ1v) is 9.58. The summed E-state index contributed by atoms with van der Waals surface area (Å²) >= 11 is 0. The highest BCUT2D eigenvalue weighted by Gasteiger charge is 2.84. The number of likely N-dealkylation sites (tertiary alicyclic amines) is 1. The molecule has 6 atom stereocenters. The summed E-state index contributed by atoms with van der Waals surface area (Å²) in [6.45, 7) is 0.178. The molecular formula is C20H23NO7. The molecule has 2 bridgehead atoms. The monoisotopic (exact) mass is 389 g/mol. The van der Waals surface area contributed by atoms with Crippen LogP contribution in [0.1, 0.15) is 36.5 Å². The number of methoxy groups -OCH3 is 2. The van der Waals surface area contributed by atoms with Crippen LogP contribution in [0.2, 0.25) is 0 Å². The molecule has 3 heterocycles. The summed E-state index contributed by atoms with van der Waals surface area (Å²) in [5.74, 6) is 0.0923. The van der Waals surface area contributed by atoms with E-state index in [9.17, 15) is 9.90 Å². The van der Waals surface area contributed by atoms with Crippen molar-refractivity contribution in [2.75, 3.05) is 28.1 Å². The van der Waals surface area contributed by atoms with Crippen molar-refractivity contribution in [2.24, 2.45) is 0 Å². The number of amides is 1. The molecule has 28 heavy (non-hydrogen) atoms. The highest BCUT2D eigenvalue weighted by molar-refractivity contribution is 5.85. The average molecular weight is 389 g/mol. The van der Waals surface area contributed by atoms with Crippen LogP contribution in [0.3, 0.4) is 0 Å². The predicted molar refractivity (Wildman–Crippen MR) is 94.0 cm³/mol. The fourth-order valence-electron chi connectivity index (χ4n) is 6.86. The summed E-state index contributed by atoms with van der Waals surface area (Å²) in [5.41, 5.74) is 0.535. The molecule has 6 unspecified atom stereocenters. The largest absolute Gasteiger partial charge is 0.454 e. The maximum atomic E-state index is 13.1. The molecule has 0 aromatic heterocycles. The Bertz CT molecular complexity index is 905. The topological polar surface area (TPSA) is 86.7 Å². The van der Waals surface area contributed by atoms with Gasteiger partial charge in [0, 0.05) is 39.5 Å². The average Bonchev–Trinajstić information content (AvgIpc) is 3.33. The number of ether oxygens (including phenoxy) is 5. The molecule has 6 rings (SSSR count). The van der Waals surface area contributed by atoms with Crippen molar-refractivity contribution in [2.45, 2.75) is 54.3 Å². The van der Waals surface area contributed by atoms with Crippen molar-refractivity contribution in [1.29, 1.82) is 0 Å². The maximum absolute atomic E-state index is 13.1. The lowest BCUT2D eigenvalue weighted by atomic mass is 9.50. The van der Waals surface area contributed by atoms with Crippen molar-refractivity contribution in [3.63, 3.8) is 0 Å². The lowest BCUT2D eigenvalue weighted by Crippen LogP contribution is -2.77. The zero-order chi connectivity index (χ0) is 19.5. The van der Waals surface area contributed by atoms with Gasteiger partial charge in [-0.3, -0.25) is 4.79 Å². The van der Waals surface area contributed by atoms with E-state index in [1.165, 1.54) is 0 Å². The number of rotatable bonds is 2. The number of hydrogen-bond acceptors (Lipinski definition) is 7. The van der Waals surface area contributed by atoms with Gasteiger partial charge in [-0.1, -0.05) is 0 Å². The number of carbonyl (C=O) groups excluding carboxylic acids is 1. The number of aliphatic hydroxyl groups is 1. The third-order valence-corrected chi connectivity index (χ3v) is 7.81. The number of benzene rings is 1. The van der Waals surface area contributed by atoms with Crippen LogP contribution >= 0.6 is 0 Å². The highest BCUT2D eigenvalue weighted by atomic mass is 16.7. The number of hydrogen-bond donors (Lipinski definition) is 1. The highest BCUT2D eigenvalue weighted by Crippen LogP contribution is 2.72. The first kappa shape index (κ1) is 17.0. The van der Waals surface area contributed by atoms with Gasteiger partial charge in [-0.05, 0) is 29.7 Å². The van der Waals surface area contributed by atoms with Gasteiger partial charge in [0.2, 0.25) is 18.5 Å². The van der Waals surface area contributed by atoms with E-state index in [1.54, 1.807) is 19.1 Å². The molecule has 2 saturated heterocycles. The Morgan fingerprint density at radius 2 is 1.96 bits per heavy atom. The van der Waals surface area contributed by atoms with Crippen molar-refractivity contribution in [3.8, 4) is 11.5 Å². The second-order valence-corrected chi connectivity index (χ2v) is 8.47. The van der Waals surface area contributed by atoms with Crippen LogP contribution in [-0.2, 0) is 24.4 Å². The van der Waals surface area contributed by atoms with Gasteiger partial charge in [-0.2, -0.15) is 0 Å². The number of aliphatic hydroxyl groups excluding tert-OH is 1. The fourth-order valence-corrected chi connectivity index (χ4v) is 6.86. The van der Waals surface area contributed by atoms with Crippen LogP contribution in [-0.4, -0.2) is 67.5 Å². The summed E-state index contributed by atoms with van der Waals surface area (Å²) in [6.07, 6.45) is -0.596. The number of fused-ring (bicyclic) bond motifs is 4. The number of likely N-dealkylation sites (N-methyl/N-ethyl adjacent to an activating group) is 1. The zero-order valence-corrected chi connectivity index (χ0v) is 16.1. The minimum atomic E-state index is -1.27. The normalized spacial score (nSPS) is 44.6. The Morgan fingerprint density at radius 3 is 2.68 bits per heavy atom. The second-order valence-electron chi connectivity index (χ2n) is 8.47. The van der Waals surface area contributed by atoms with E-state index in [4.69, 9.17) is 23.7 Å². The van der Waals surface area contributed by atoms with Crippen LogP contribution in [0.4, 0.5) is 0 Å². The van der Waals surface area contributed by atoms with Gasteiger partial charge in [-0.15, -0.1) is 0 Å². The van der Waals surface area contributed by atoms with E-state index in [2.05, 4.69) is 0 Å². The molecule has 8 nitrogen and oxygen atoms in total. The Kier molecular flexibility index (Phi) is 3.04. The molecule has 3 aliphatic heterocycles. The first-order valence-electron chi connectivity index (χ1n) is 9.58. The van der Waals surface area contributed by atoms with Gasteiger partial charge in [0.25, 0.3) is 0 Å². The molecule has 1 aromatic rings. The molecule has 0 radical (unpaired) electrons. The summed E-state index contributed by atoms with van der Waals surface area (Å²) in [6, 6.07) is 3.93. The van der Waals surface area contributed by atoms with Crippen molar-refractivity contribution >= 4 is 5.91 Å². The lowest BCUT2D eigenvalue weighted by Gasteiger charge is -2.60. The Labute approximate surface area is 162 Å². The number of nitrogens with zero attached hydrogens (tertiary/aromatic N) is 1. The Morgan fingerprint density at radius 1 is 1.21 bits per heavy atom. The Balaban J connectivity index is 1.70. The SMILES string of the molecule is COC1C(O)CC23CC(=O)N(C)C24CC(OC14OC)c1cc2c(cc13)OCO2. The predicted octanol–water partition coefficient (Wildman–Crippen LogP) is 0.851. The van der Waals surface area contributed by atoms with Crippen molar-refractivity contribution in [1.82, 2.24) is 4.90 Å². The van der Waals surface area contributed by atoms with Crippen LogP contribution in [0.25, 0.3) is 0 Å². The summed E-state index contributed by atoms with van der Waals surface area (Å²) in [4.78, 5) is 14.9. The van der Waals surface area contributed by atoms with E-state index in [1.807, 2.05) is 19.2 Å². The molecular weight excluding hydrogens is 366 g/mol. The maximum Gasteiger partial charge on any atom is 0.231 e. The van der Waals surface area contributed by atoms with Gasteiger partial charge in [0.15, 0.2) is 11.5 Å². The first-order chi connectivity index (χ1) is 13.4. The van der Waals surface area contributed by atoms with Gasteiger partial charge in [0.05, 0.1) is 12.2 Å². The van der Waals surface area contributed by atoms with Gasteiger partial charge < -0.3 is 33.7 Å². The quantitative estimate of drug-likeness (QED) is 0.803. The molecule has 1 amide bonds. The zero-order valence-electron chi connectivity index (χ0n) is 16.1. The molecule has 8 heteroatoms. The van der Waals surface area contributed by atoms with Crippen LogP contribution in [0.5, 0.6) is 11.5 Å². The van der Waals surface area contributed by atoms with E-state index >= 15 is 0 Å². The summed E-state index contributed by atoms with van der Waals surface area (Å²) in [7, 11) is 4.92. The molecule has 1 spiro atoms. The standard InChI is InChI=1S/C20H23NO7/c1-21-16(23)8-18-6-12(22)17(24-2)20(25-3)19(18,21)7-15(28-20)10-4-13-14(5-11(10)18)27-9-26-13/h4-5,12,15,17,22H,6-9H2,1-3H3. The minimum absolute atomic E-state index is 0.0140. The molecule has 5 aliphatic rings. The smallest absolute Gasteiger partial charge is 0.231 e. The third kappa shape index (κ3) is 1.49. The van der Waals surface area contributed by atoms with Gasteiger partial charge >= 0.3 is 0 Å².